The van der Waals surface area contributed by atoms with Crippen molar-refractivity contribution in [3.8, 4) is 0 Å². The molecule has 0 N–H and O–H groups in total. The molecule has 0 aliphatic heterocycles. The first kappa shape index (κ1) is 26.7. The third-order valence-corrected chi connectivity index (χ3v) is 6.84. The Balaban J connectivity index is 1.33. The van der Waals surface area contributed by atoms with Crippen molar-refractivity contribution in [2.24, 2.45) is 0 Å². The van der Waals surface area contributed by atoms with E-state index in [0.29, 0.717) is 0 Å². The minimum absolute atomic E-state index is 1.23. The lowest BCUT2D eigenvalue weighted by Gasteiger charge is -2.06. The Kier molecular flexibility index (Phi) is 15.8. The molecule has 0 aliphatic rings. The van der Waals surface area contributed by atoms with Crippen molar-refractivity contribution in [2.45, 2.75) is 129 Å². The highest BCUT2D eigenvalue weighted by Crippen LogP contribution is 2.21. The van der Waals surface area contributed by atoms with E-state index in [9.17, 15) is 0 Å². The second kappa shape index (κ2) is 19.0. The van der Waals surface area contributed by atoms with Crippen LogP contribution >= 0.6 is 0 Å². The third-order valence-electron chi connectivity index (χ3n) is 6.84. The second-order valence-electron chi connectivity index (χ2n) is 9.74. The lowest BCUT2D eigenvalue weighted by molar-refractivity contribution is 0.560. The van der Waals surface area contributed by atoms with E-state index in [4.69, 9.17) is 0 Å². The summed E-state index contributed by atoms with van der Waals surface area (Å²) < 4.78 is 0. The number of rotatable bonds is 20. The van der Waals surface area contributed by atoms with Crippen LogP contribution in [-0.4, -0.2) is 0 Å². The van der Waals surface area contributed by atoms with E-state index in [2.05, 4.69) is 61.5 Å². The van der Waals surface area contributed by atoms with E-state index in [0.717, 1.165) is 0 Å². The van der Waals surface area contributed by atoms with Crippen LogP contribution in [0.25, 0.3) is 10.8 Å². The lowest BCUT2D eigenvalue weighted by atomic mass is 9.99. The summed E-state index contributed by atoms with van der Waals surface area (Å²) in [5.41, 5.74) is 1.53. The predicted molar refractivity (Wildman–Crippen MR) is 146 cm³/mol. The highest BCUT2D eigenvalue weighted by molar-refractivity contribution is 5.85. The topological polar surface area (TPSA) is 0 Å². The number of unbranched alkanes of at least 4 members (excludes halogenated alkanes) is 16. The zero-order valence-electron chi connectivity index (χ0n) is 21.1. The summed E-state index contributed by atoms with van der Waals surface area (Å²) >= 11 is 0. The molecular weight excluding hydrogens is 384 g/mol. The van der Waals surface area contributed by atoms with Crippen molar-refractivity contribution >= 4 is 10.8 Å². The largest absolute Gasteiger partial charge is 0.0885 e. The summed E-state index contributed by atoms with van der Waals surface area (Å²) in [4.78, 5) is 0. The fourth-order valence-electron chi connectivity index (χ4n) is 4.78. The van der Waals surface area contributed by atoms with Crippen molar-refractivity contribution in [1.29, 1.82) is 0 Å². The van der Waals surface area contributed by atoms with E-state index in [1.54, 1.807) is 0 Å². The Hall–Kier alpha value is -1.56. The van der Waals surface area contributed by atoms with Crippen LogP contribution in [0.2, 0.25) is 0 Å². The van der Waals surface area contributed by atoms with Crippen LogP contribution in [0.1, 0.15) is 128 Å². The van der Waals surface area contributed by atoms with Gasteiger partial charge in [-0.25, -0.2) is 0 Å². The molecule has 0 amide bonds. The van der Waals surface area contributed by atoms with Crippen LogP contribution in [0.4, 0.5) is 0 Å². The summed E-state index contributed by atoms with van der Waals surface area (Å²) in [6.45, 7) is 2.29. The van der Waals surface area contributed by atoms with Gasteiger partial charge in [-0.2, -0.15) is 0 Å². The number of benzene rings is 2. The quantitative estimate of drug-likeness (QED) is 0.143. The standard InChI is InChI=1S/C32H50/c1-2-3-4-5-6-7-8-9-10-11-12-13-14-15-16-17-18-19-20-21-25-30-27-24-28-31-26-22-23-29-32(30)31/h10-11,22-24,26-29H,2-9,12-21,25H2,1H3/b11-10+. The molecule has 0 heteroatoms. The molecule has 0 radical (unpaired) electrons. The summed E-state index contributed by atoms with van der Waals surface area (Å²) in [5, 5.41) is 2.83. The van der Waals surface area contributed by atoms with Gasteiger partial charge in [-0.05, 0) is 54.9 Å². The predicted octanol–water partition coefficient (Wildman–Crippen LogP) is 11.0. The summed E-state index contributed by atoms with van der Waals surface area (Å²) in [6.07, 6.45) is 31.3. The number of allylic oxidation sites excluding steroid dienone is 2. The van der Waals surface area contributed by atoms with Crippen molar-refractivity contribution in [1.82, 2.24) is 0 Å². The van der Waals surface area contributed by atoms with Crippen LogP contribution in [-0.2, 0) is 6.42 Å². The molecule has 32 heavy (non-hydrogen) atoms. The zero-order valence-corrected chi connectivity index (χ0v) is 21.1. The van der Waals surface area contributed by atoms with E-state index >= 15 is 0 Å². The maximum Gasteiger partial charge on any atom is -0.0152 e. The zero-order chi connectivity index (χ0) is 22.5. The second-order valence-corrected chi connectivity index (χ2v) is 9.74. The lowest BCUT2D eigenvalue weighted by Crippen LogP contribution is -1.88. The molecule has 2 rings (SSSR count). The number of fused-ring (bicyclic) bond motifs is 1. The Bertz CT molecular complexity index is 706. The highest BCUT2D eigenvalue weighted by Gasteiger charge is 2.00. The van der Waals surface area contributed by atoms with Crippen LogP contribution in [0.5, 0.6) is 0 Å². The molecule has 178 valence electrons. The van der Waals surface area contributed by atoms with Crippen LogP contribution in [0.3, 0.4) is 0 Å². The molecule has 0 unspecified atom stereocenters. The van der Waals surface area contributed by atoms with Gasteiger partial charge in [0, 0.05) is 0 Å². The molecule has 0 aliphatic carbocycles. The fraction of sp³-hybridized carbons (Fsp3) is 0.625. The Labute approximate surface area is 199 Å². The van der Waals surface area contributed by atoms with Gasteiger partial charge in [-0.3, -0.25) is 0 Å². The van der Waals surface area contributed by atoms with E-state index < -0.39 is 0 Å². The molecule has 0 aromatic heterocycles. The van der Waals surface area contributed by atoms with Gasteiger partial charge < -0.3 is 0 Å². The van der Waals surface area contributed by atoms with Gasteiger partial charge in [-0.15, -0.1) is 0 Å². The van der Waals surface area contributed by atoms with Gasteiger partial charge >= 0.3 is 0 Å². The first-order chi connectivity index (χ1) is 15.9. The third kappa shape index (κ3) is 12.5. The molecule has 0 atom stereocenters. The van der Waals surface area contributed by atoms with E-state index in [-0.39, 0.29) is 0 Å². The summed E-state index contributed by atoms with van der Waals surface area (Å²) in [5.74, 6) is 0. The molecule has 2 aromatic carbocycles. The number of hydrogen-bond acceptors (Lipinski definition) is 0. The monoisotopic (exact) mass is 434 g/mol. The molecule has 0 bridgehead atoms. The van der Waals surface area contributed by atoms with E-state index in [1.165, 1.54) is 138 Å². The number of hydrogen-bond donors (Lipinski definition) is 0. The van der Waals surface area contributed by atoms with Crippen molar-refractivity contribution in [2.75, 3.05) is 0 Å². The van der Waals surface area contributed by atoms with Crippen LogP contribution in [0, 0.1) is 0 Å². The molecule has 0 spiro atoms. The minimum Gasteiger partial charge on any atom is -0.0885 e. The van der Waals surface area contributed by atoms with Crippen LogP contribution in [0.15, 0.2) is 54.6 Å². The molecule has 0 saturated carbocycles. The van der Waals surface area contributed by atoms with Gasteiger partial charge in [0.1, 0.15) is 0 Å². The van der Waals surface area contributed by atoms with Crippen molar-refractivity contribution in [3.05, 3.63) is 60.2 Å². The van der Waals surface area contributed by atoms with E-state index in [1.807, 2.05) is 0 Å². The fourth-order valence-corrected chi connectivity index (χ4v) is 4.78. The Morgan fingerprint density at radius 3 is 1.62 bits per heavy atom. The molecule has 0 saturated heterocycles. The molecular formula is C32H50. The average molecular weight is 435 g/mol. The number of aryl methyl sites for hydroxylation is 1. The van der Waals surface area contributed by atoms with Crippen molar-refractivity contribution in [3.63, 3.8) is 0 Å². The average Bonchev–Trinajstić information content (AvgIpc) is 2.83. The Morgan fingerprint density at radius 2 is 1.00 bits per heavy atom. The molecule has 2 aromatic rings. The smallest absolute Gasteiger partial charge is 0.0152 e. The maximum absolute atomic E-state index is 2.44. The first-order valence-corrected chi connectivity index (χ1v) is 14.0. The molecule has 0 heterocycles. The van der Waals surface area contributed by atoms with Crippen LogP contribution < -0.4 is 0 Å². The van der Waals surface area contributed by atoms with Crippen molar-refractivity contribution < 1.29 is 0 Å². The molecule has 0 nitrogen and oxygen atoms in total. The van der Waals surface area contributed by atoms with Gasteiger partial charge in [0.2, 0.25) is 0 Å². The van der Waals surface area contributed by atoms with Gasteiger partial charge in [0.25, 0.3) is 0 Å². The Morgan fingerprint density at radius 1 is 0.500 bits per heavy atom. The molecule has 0 fully saturated rings. The summed E-state index contributed by atoms with van der Waals surface area (Å²) in [6, 6.07) is 15.6. The maximum atomic E-state index is 2.44. The van der Waals surface area contributed by atoms with Gasteiger partial charge in [0.05, 0.1) is 0 Å². The van der Waals surface area contributed by atoms with Gasteiger partial charge in [0.15, 0.2) is 0 Å². The van der Waals surface area contributed by atoms with Gasteiger partial charge in [-0.1, -0.05) is 145 Å². The minimum atomic E-state index is 1.23. The summed E-state index contributed by atoms with van der Waals surface area (Å²) in [7, 11) is 0. The SMILES string of the molecule is CCCCCCCCC/C=C/CCCCCCCCCCCc1cccc2ccccc12. The first-order valence-electron chi connectivity index (χ1n) is 14.0. The highest BCUT2D eigenvalue weighted by atomic mass is 14.1. The normalized spacial score (nSPS) is 11.7.